The number of amidine groups is 1. The number of rotatable bonds is 3. The van der Waals surface area contributed by atoms with Crippen LogP contribution in [-0.4, -0.2) is 30.4 Å². The molecule has 0 radical (unpaired) electrons. The van der Waals surface area contributed by atoms with Crippen LogP contribution in [0.2, 0.25) is 0 Å². The van der Waals surface area contributed by atoms with Gasteiger partial charge in [0, 0.05) is 6.08 Å². The van der Waals surface area contributed by atoms with Gasteiger partial charge in [-0.3, -0.25) is 10.1 Å². The number of nitrogens with zero attached hydrogens (tertiary/aromatic N) is 3. The van der Waals surface area contributed by atoms with Crippen LogP contribution < -0.4 is 5.32 Å². The molecule has 10 heteroatoms. The maximum absolute atomic E-state index is 13.8. The van der Waals surface area contributed by atoms with Crippen molar-refractivity contribution in [1.82, 2.24) is 5.32 Å². The Labute approximate surface area is 138 Å². The molecule has 1 aromatic rings. The molecule has 1 heterocycles. The number of nitrogens with one attached hydrogen (secondary N) is 1. The minimum Gasteiger partial charge on any atom is -0.466 e. The number of nitriles is 1. The summed E-state index contributed by atoms with van der Waals surface area (Å²) < 4.78 is 31.7. The van der Waals surface area contributed by atoms with Gasteiger partial charge < -0.3 is 4.74 Å². The van der Waals surface area contributed by atoms with Crippen molar-refractivity contribution in [1.29, 1.82) is 5.26 Å². The molecule has 1 N–H and O–H groups in total. The molecule has 122 valence electrons. The average molecular weight is 350 g/mol. The molecular weight excluding hydrogens is 342 g/mol. The number of benzene rings is 1. The lowest BCUT2D eigenvalue weighted by molar-refractivity contribution is -0.135. The van der Waals surface area contributed by atoms with E-state index in [1.807, 2.05) is 0 Å². The third kappa shape index (κ3) is 3.82. The first-order chi connectivity index (χ1) is 11.5. The first kappa shape index (κ1) is 17.3. The molecule has 0 atom stereocenters. The van der Waals surface area contributed by atoms with Crippen LogP contribution in [0.3, 0.4) is 0 Å². The highest BCUT2D eigenvalue weighted by atomic mass is 32.2. The highest BCUT2D eigenvalue weighted by Crippen LogP contribution is 2.23. The smallest absolute Gasteiger partial charge is 0.331 e. The van der Waals surface area contributed by atoms with Crippen molar-refractivity contribution in [3.63, 3.8) is 0 Å². The summed E-state index contributed by atoms with van der Waals surface area (Å²) in [4.78, 5) is 22.7. The van der Waals surface area contributed by atoms with E-state index in [0.29, 0.717) is 0 Å². The molecule has 1 amide bonds. The second-order valence-corrected chi connectivity index (χ2v) is 5.20. The van der Waals surface area contributed by atoms with E-state index in [0.717, 1.165) is 43.3 Å². The van der Waals surface area contributed by atoms with Crippen molar-refractivity contribution < 1.29 is 23.1 Å². The topological polar surface area (TPSA) is 104 Å². The van der Waals surface area contributed by atoms with Gasteiger partial charge >= 0.3 is 5.97 Å². The van der Waals surface area contributed by atoms with Gasteiger partial charge in [-0.25, -0.2) is 13.6 Å². The molecule has 1 fully saturated rings. The van der Waals surface area contributed by atoms with Gasteiger partial charge in [-0.2, -0.15) is 10.4 Å². The number of carbonyl (C=O) groups is 2. The molecule has 7 nitrogen and oxygen atoms in total. The van der Waals surface area contributed by atoms with E-state index < -0.39 is 29.1 Å². The molecule has 0 bridgehead atoms. The highest BCUT2D eigenvalue weighted by Gasteiger charge is 2.25. The first-order valence-corrected chi connectivity index (χ1v) is 7.06. The molecule has 0 aromatic heterocycles. The van der Waals surface area contributed by atoms with Gasteiger partial charge in [-0.1, -0.05) is 0 Å². The molecule has 24 heavy (non-hydrogen) atoms. The zero-order chi connectivity index (χ0) is 17.7. The van der Waals surface area contributed by atoms with E-state index in [2.05, 4.69) is 20.3 Å². The van der Waals surface area contributed by atoms with Crippen molar-refractivity contribution in [3.8, 4) is 6.07 Å². The fourth-order valence-electron chi connectivity index (χ4n) is 1.55. The Morgan fingerprint density at radius 3 is 2.88 bits per heavy atom. The van der Waals surface area contributed by atoms with Crippen LogP contribution in [-0.2, 0) is 14.3 Å². The van der Waals surface area contributed by atoms with Crippen LogP contribution in [0.4, 0.5) is 8.78 Å². The summed E-state index contributed by atoms with van der Waals surface area (Å²) in [5, 5.41) is 18.1. The predicted octanol–water partition coefficient (Wildman–Crippen LogP) is 1.45. The number of thioether (sulfide) groups is 1. The van der Waals surface area contributed by atoms with E-state index >= 15 is 0 Å². The Hall–Kier alpha value is -3.06. The summed E-state index contributed by atoms with van der Waals surface area (Å²) in [7, 11) is 1.16. The maximum Gasteiger partial charge on any atom is 0.331 e. The van der Waals surface area contributed by atoms with Gasteiger partial charge in [-0.15, -0.1) is 5.10 Å². The average Bonchev–Trinajstić information content (AvgIpc) is 2.90. The monoisotopic (exact) mass is 350 g/mol. The molecule has 1 saturated heterocycles. The number of ether oxygens (including phenoxy) is 1. The first-order valence-electron chi connectivity index (χ1n) is 6.24. The molecule has 0 unspecified atom stereocenters. The number of hydrogen-bond acceptors (Lipinski definition) is 7. The quantitative estimate of drug-likeness (QED) is 0.384. The van der Waals surface area contributed by atoms with Crippen LogP contribution in [0.5, 0.6) is 0 Å². The van der Waals surface area contributed by atoms with Gasteiger partial charge in [-0.05, 0) is 23.9 Å². The van der Waals surface area contributed by atoms with E-state index in [9.17, 15) is 18.4 Å². The maximum atomic E-state index is 13.8. The Bertz CT molecular complexity index is 843. The molecule has 2 rings (SSSR count). The van der Waals surface area contributed by atoms with E-state index in [4.69, 9.17) is 5.26 Å². The molecule has 0 saturated carbocycles. The predicted molar refractivity (Wildman–Crippen MR) is 81.9 cm³/mol. The van der Waals surface area contributed by atoms with Gasteiger partial charge in [0.1, 0.15) is 11.9 Å². The lowest BCUT2D eigenvalue weighted by Crippen LogP contribution is -2.19. The van der Waals surface area contributed by atoms with Gasteiger partial charge in [0.05, 0.1) is 29.4 Å². The number of amides is 1. The van der Waals surface area contributed by atoms with Crippen molar-refractivity contribution in [2.45, 2.75) is 0 Å². The lowest BCUT2D eigenvalue weighted by atomic mass is 10.1. The molecule has 0 spiro atoms. The number of esters is 1. The zero-order valence-corrected chi connectivity index (χ0v) is 12.9. The molecule has 0 aliphatic carbocycles. The van der Waals surface area contributed by atoms with Crippen molar-refractivity contribution in [2.75, 3.05) is 7.11 Å². The van der Waals surface area contributed by atoms with E-state index in [1.54, 1.807) is 6.07 Å². The van der Waals surface area contributed by atoms with Crippen LogP contribution in [0.25, 0.3) is 0 Å². The number of hydrogen-bond donors (Lipinski definition) is 1. The fourth-order valence-corrected chi connectivity index (χ4v) is 2.29. The van der Waals surface area contributed by atoms with Crippen LogP contribution in [0, 0.1) is 23.0 Å². The van der Waals surface area contributed by atoms with Crippen LogP contribution in [0.1, 0.15) is 11.1 Å². The second kappa shape index (κ2) is 7.47. The summed E-state index contributed by atoms with van der Waals surface area (Å²) in [6, 6.07) is 3.51. The normalized spacial score (nSPS) is 17.3. The van der Waals surface area contributed by atoms with Crippen LogP contribution >= 0.6 is 11.8 Å². The van der Waals surface area contributed by atoms with Crippen molar-refractivity contribution in [3.05, 3.63) is 45.9 Å². The summed E-state index contributed by atoms with van der Waals surface area (Å²) in [5.74, 6) is -3.27. The largest absolute Gasteiger partial charge is 0.466 e. The Morgan fingerprint density at radius 2 is 2.21 bits per heavy atom. The summed E-state index contributed by atoms with van der Waals surface area (Å²) >= 11 is 0.810. The molecule has 1 aliphatic rings. The Balaban J connectivity index is 2.20. The Morgan fingerprint density at radius 1 is 1.46 bits per heavy atom. The zero-order valence-electron chi connectivity index (χ0n) is 12.0. The minimum atomic E-state index is -1.06. The molecule has 1 aromatic carbocycles. The van der Waals surface area contributed by atoms with Gasteiger partial charge in [0.15, 0.2) is 11.0 Å². The van der Waals surface area contributed by atoms with Gasteiger partial charge in [0.2, 0.25) is 0 Å². The van der Waals surface area contributed by atoms with E-state index in [-0.39, 0.29) is 15.6 Å². The minimum absolute atomic E-state index is 0.0173. The lowest BCUT2D eigenvalue weighted by Gasteiger charge is -1.99. The third-order valence-corrected chi connectivity index (χ3v) is 3.58. The summed E-state index contributed by atoms with van der Waals surface area (Å²) in [5.41, 5.74) is -0.865. The molecule has 1 aliphatic heterocycles. The number of carbonyl (C=O) groups excluding carboxylic acids is 2. The Kier molecular flexibility index (Phi) is 5.39. The standard InChI is InChI=1S/C14H8F2N4O3S/c1-23-11(21)4-10-13(22)19-14(24-10)20-18-6-8-9(15)3-2-7(5-17)12(8)16/h2-4,6H,1H3,(H,19,20,22)/b10-4+,18-6?. The third-order valence-electron chi connectivity index (χ3n) is 2.68. The van der Waals surface area contributed by atoms with Crippen molar-refractivity contribution >= 4 is 35.0 Å². The van der Waals surface area contributed by atoms with Gasteiger partial charge in [0.25, 0.3) is 5.91 Å². The van der Waals surface area contributed by atoms with Crippen LogP contribution in [0.15, 0.2) is 33.3 Å². The fraction of sp³-hybridized carbons (Fsp3) is 0.0714. The van der Waals surface area contributed by atoms with Crippen molar-refractivity contribution in [2.24, 2.45) is 10.2 Å². The summed E-state index contributed by atoms with van der Waals surface area (Å²) in [6.07, 6.45) is 1.76. The molecular formula is C14H8F2N4O3S. The highest BCUT2D eigenvalue weighted by molar-refractivity contribution is 8.18. The van der Waals surface area contributed by atoms with E-state index in [1.165, 1.54) is 0 Å². The number of halogens is 2. The SMILES string of the molecule is COC(=O)/C=C1/S/C(=N\N=Cc2c(F)ccc(C#N)c2F)NC1=O. The number of methoxy groups -OCH3 is 1. The summed E-state index contributed by atoms with van der Waals surface area (Å²) in [6.45, 7) is 0. The second-order valence-electron chi connectivity index (χ2n) is 4.17.